The Kier molecular flexibility index (Phi) is 10.7. The number of aliphatic imine (C=N–C) groups is 1. The van der Waals surface area contributed by atoms with Gasteiger partial charge >= 0.3 is 12.1 Å². The number of halogens is 6. The Hall–Kier alpha value is -3.97. The molecule has 0 aliphatic heterocycles. The second-order valence-corrected chi connectivity index (χ2v) is 9.93. The molecule has 0 radical (unpaired) electrons. The van der Waals surface area contributed by atoms with Gasteiger partial charge in [-0.25, -0.2) is 8.78 Å². The summed E-state index contributed by atoms with van der Waals surface area (Å²) in [6, 6.07) is 4.84. The molecule has 0 saturated heterocycles. The fourth-order valence-corrected chi connectivity index (χ4v) is 4.43. The molecule has 224 valence electrons. The van der Waals surface area contributed by atoms with Crippen LogP contribution >= 0.6 is 23.8 Å². The summed E-state index contributed by atoms with van der Waals surface area (Å²) in [5.41, 5.74) is 5.05. The number of hydrogen-bond donors (Lipinski definition) is 3. The number of anilines is 1. The molecule has 7 nitrogen and oxygen atoms in total. The van der Waals surface area contributed by atoms with Crippen molar-refractivity contribution in [3.63, 3.8) is 0 Å². The first-order valence-corrected chi connectivity index (χ1v) is 13.0. The molecule has 1 aromatic heterocycles. The number of ether oxygens (including phenoxy) is 1. The molecule has 0 aliphatic rings. The lowest BCUT2D eigenvalue weighted by molar-refractivity contribution is -0.137. The number of alkyl halides is 3. The maximum Gasteiger partial charge on any atom is 0.418 e. The number of hydrogen-bond acceptors (Lipinski definition) is 6. The van der Waals surface area contributed by atoms with Gasteiger partial charge in [0.05, 0.1) is 36.7 Å². The molecule has 0 atom stereocenters. The van der Waals surface area contributed by atoms with E-state index in [1.165, 1.54) is 18.6 Å². The van der Waals surface area contributed by atoms with Gasteiger partial charge in [-0.15, -0.1) is 0 Å². The molecule has 0 unspecified atom stereocenters. The lowest BCUT2D eigenvalue weighted by Crippen LogP contribution is -2.25. The molecule has 0 amide bonds. The van der Waals surface area contributed by atoms with Crippen molar-refractivity contribution in [3.05, 3.63) is 82.4 Å². The van der Waals surface area contributed by atoms with E-state index in [0.29, 0.717) is 11.8 Å². The van der Waals surface area contributed by atoms with Crippen LogP contribution in [0, 0.1) is 17.6 Å². The molecule has 0 aliphatic carbocycles. The summed E-state index contributed by atoms with van der Waals surface area (Å²) in [7, 11) is 0. The van der Waals surface area contributed by atoms with Crippen molar-refractivity contribution in [2.24, 2.45) is 16.6 Å². The zero-order valence-electron chi connectivity index (χ0n) is 22.2. The number of benzene rings is 2. The standard InChI is InChI=1S/C28H25ClF5N3O4S/c1-14(2)26(36-4-6-41-23-10-17(30)9-21(31)25(23)29)19(12-35)27(42)37-22-7-16(8-24(38)39)18(15-3-5-40-13-15)11-20(22)28(32,33)34/h3,5,7,9-14H,4,6,8,35H2,1-2H3,(H,37,42)(H,38,39). The predicted molar refractivity (Wildman–Crippen MR) is 153 cm³/mol. The van der Waals surface area contributed by atoms with Gasteiger partial charge in [-0.3, -0.25) is 9.79 Å². The molecule has 2 aromatic carbocycles. The summed E-state index contributed by atoms with van der Waals surface area (Å²) in [6.07, 6.45) is -1.86. The Morgan fingerprint density at radius 2 is 1.98 bits per heavy atom. The third kappa shape index (κ3) is 8.07. The van der Waals surface area contributed by atoms with Crippen LogP contribution in [0.15, 0.2) is 64.0 Å². The number of carboxylic acid groups (broad SMARTS) is 1. The van der Waals surface area contributed by atoms with Gasteiger partial charge in [0.25, 0.3) is 0 Å². The molecule has 14 heteroatoms. The number of furan rings is 1. The molecule has 42 heavy (non-hydrogen) atoms. The Labute approximate surface area is 247 Å². The van der Waals surface area contributed by atoms with Crippen LogP contribution in [0.3, 0.4) is 0 Å². The van der Waals surface area contributed by atoms with E-state index >= 15 is 0 Å². The van der Waals surface area contributed by atoms with Gasteiger partial charge in [0.2, 0.25) is 0 Å². The Bertz CT molecular complexity index is 1520. The monoisotopic (exact) mass is 629 g/mol. The van der Waals surface area contributed by atoms with Crippen molar-refractivity contribution in [3.8, 4) is 16.9 Å². The number of nitrogens with zero attached hydrogens (tertiary/aromatic N) is 1. The van der Waals surface area contributed by atoms with Gasteiger partial charge < -0.3 is 25.3 Å². The maximum atomic E-state index is 14.2. The molecule has 4 N–H and O–H groups in total. The highest BCUT2D eigenvalue weighted by molar-refractivity contribution is 7.81. The van der Waals surface area contributed by atoms with E-state index in [9.17, 15) is 31.9 Å². The van der Waals surface area contributed by atoms with Crippen LogP contribution in [0.5, 0.6) is 5.75 Å². The number of carbonyl (C=O) groups is 1. The quantitative estimate of drug-likeness (QED) is 0.0510. The average molecular weight is 630 g/mol. The molecule has 3 aromatic rings. The summed E-state index contributed by atoms with van der Waals surface area (Å²) < 4.78 is 79.9. The van der Waals surface area contributed by atoms with Crippen molar-refractivity contribution in [1.29, 1.82) is 0 Å². The van der Waals surface area contributed by atoms with Crippen molar-refractivity contribution in [1.82, 2.24) is 0 Å². The van der Waals surface area contributed by atoms with Crippen molar-refractivity contribution >= 4 is 46.2 Å². The van der Waals surface area contributed by atoms with Crippen LogP contribution in [0.2, 0.25) is 5.02 Å². The topological polar surface area (TPSA) is 110 Å². The molecule has 3 rings (SSSR count). The van der Waals surface area contributed by atoms with E-state index in [0.717, 1.165) is 24.4 Å². The van der Waals surface area contributed by atoms with Crippen molar-refractivity contribution < 1.29 is 41.0 Å². The van der Waals surface area contributed by atoms with Gasteiger partial charge in [0, 0.05) is 35.2 Å². The number of rotatable bonds is 11. The fourth-order valence-electron chi connectivity index (χ4n) is 3.98. The van der Waals surface area contributed by atoms with E-state index in [-0.39, 0.29) is 52.1 Å². The van der Waals surface area contributed by atoms with E-state index in [1.54, 1.807) is 13.8 Å². The normalized spacial score (nSPS) is 12.5. The van der Waals surface area contributed by atoms with E-state index in [1.807, 2.05) is 0 Å². The highest BCUT2D eigenvalue weighted by Gasteiger charge is 2.35. The lowest BCUT2D eigenvalue weighted by atomic mass is 9.95. The summed E-state index contributed by atoms with van der Waals surface area (Å²) in [4.78, 5) is 15.7. The van der Waals surface area contributed by atoms with E-state index in [4.69, 9.17) is 38.7 Å². The zero-order chi connectivity index (χ0) is 31.2. The van der Waals surface area contributed by atoms with Gasteiger partial charge in [-0.2, -0.15) is 13.2 Å². The average Bonchev–Trinajstić information content (AvgIpc) is 3.42. The minimum Gasteiger partial charge on any atom is -0.490 e. The molecule has 0 fully saturated rings. The van der Waals surface area contributed by atoms with Crippen molar-refractivity contribution in [2.75, 3.05) is 18.5 Å². The lowest BCUT2D eigenvalue weighted by Gasteiger charge is -2.21. The van der Waals surface area contributed by atoms with Gasteiger partial charge in [-0.1, -0.05) is 37.7 Å². The molecular weight excluding hydrogens is 605 g/mol. The van der Waals surface area contributed by atoms with Crippen LogP contribution in [0.1, 0.15) is 25.0 Å². The minimum absolute atomic E-state index is 0.0345. The van der Waals surface area contributed by atoms with Crippen LogP contribution in [-0.2, 0) is 17.4 Å². The highest BCUT2D eigenvalue weighted by Crippen LogP contribution is 2.40. The minimum atomic E-state index is -4.84. The molecule has 0 saturated carbocycles. The smallest absolute Gasteiger partial charge is 0.418 e. The second-order valence-electron chi connectivity index (χ2n) is 9.14. The summed E-state index contributed by atoms with van der Waals surface area (Å²) in [5.74, 6) is -3.67. The second kappa shape index (κ2) is 13.8. The van der Waals surface area contributed by atoms with Gasteiger partial charge in [-0.05, 0) is 35.2 Å². The first-order valence-electron chi connectivity index (χ1n) is 12.3. The Morgan fingerprint density at radius 3 is 2.55 bits per heavy atom. The van der Waals surface area contributed by atoms with Crippen LogP contribution in [0.4, 0.5) is 27.6 Å². The number of nitrogens with two attached hydrogens (primary N) is 1. The van der Waals surface area contributed by atoms with Crippen molar-refractivity contribution in [2.45, 2.75) is 26.4 Å². The summed E-state index contributed by atoms with van der Waals surface area (Å²) >= 11 is 11.2. The SMILES string of the molecule is CC(C)C(=NCCOc1cc(F)cc(F)c1Cl)C(=CN)C(=S)Nc1cc(CC(=O)O)c(-c2ccoc2)cc1C(F)(F)F. The van der Waals surface area contributed by atoms with Crippen LogP contribution < -0.4 is 15.8 Å². The Balaban J connectivity index is 1.91. The zero-order valence-corrected chi connectivity index (χ0v) is 23.8. The predicted octanol–water partition coefficient (Wildman–Crippen LogP) is 7.28. The Morgan fingerprint density at radius 1 is 1.26 bits per heavy atom. The molecule has 1 heterocycles. The molecular formula is C28H25ClF5N3O4S. The van der Waals surface area contributed by atoms with E-state index in [2.05, 4.69) is 10.3 Å². The van der Waals surface area contributed by atoms with Crippen LogP contribution in [0.25, 0.3) is 11.1 Å². The number of carboxylic acids is 1. The number of nitrogens with one attached hydrogen (secondary N) is 1. The largest absolute Gasteiger partial charge is 0.490 e. The first kappa shape index (κ1) is 32.5. The summed E-state index contributed by atoms with van der Waals surface area (Å²) in [5, 5.41) is 11.5. The van der Waals surface area contributed by atoms with E-state index < -0.39 is 46.5 Å². The first-order chi connectivity index (χ1) is 19.7. The molecule has 0 spiro atoms. The van der Waals surface area contributed by atoms with Gasteiger partial charge in [0.15, 0.2) is 0 Å². The maximum absolute atomic E-state index is 14.2. The third-order valence-corrected chi connectivity index (χ3v) is 6.48. The number of thiocarbonyl (C=S) groups is 1. The highest BCUT2D eigenvalue weighted by atomic mass is 35.5. The summed E-state index contributed by atoms with van der Waals surface area (Å²) in [6.45, 7) is 3.30. The number of aliphatic carboxylic acids is 1. The molecule has 0 bridgehead atoms. The third-order valence-electron chi connectivity index (χ3n) is 5.80. The van der Waals surface area contributed by atoms with Crippen LogP contribution in [-0.4, -0.2) is 34.9 Å². The fraction of sp³-hybridized carbons (Fsp3) is 0.250. The van der Waals surface area contributed by atoms with Gasteiger partial charge in [0.1, 0.15) is 34.0 Å².